The molecule has 0 saturated heterocycles. The van der Waals surface area contributed by atoms with E-state index in [0.717, 1.165) is 0 Å². The Morgan fingerprint density at radius 3 is 2.50 bits per heavy atom. The first-order valence-corrected chi connectivity index (χ1v) is 2.32. The fourth-order valence-electron chi connectivity index (χ4n) is 0.254. The van der Waals surface area contributed by atoms with E-state index in [1.54, 1.807) is 18.2 Å². The molecule has 0 N–H and O–H groups in total. The van der Waals surface area contributed by atoms with Crippen LogP contribution in [0.2, 0.25) is 0 Å². The molecule has 0 saturated carbocycles. The van der Waals surface area contributed by atoms with E-state index in [0.29, 0.717) is 0 Å². The van der Waals surface area contributed by atoms with E-state index in [-0.39, 0.29) is 0 Å². The molecule has 0 heteroatoms. The van der Waals surface area contributed by atoms with Crippen molar-refractivity contribution in [3.63, 3.8) is 0 Å². The molecule has 0 amide bonds. The third-order valence-corrected chi connectivity index (χ3v) is 0.551. The van der Waals surface area contributed by atoms with Crippen LogP contribution in [0.3, 0.4) is 0 Å². The van der Waals surface area contributed by atoms with Crippen molar-refractivity contribution in [2.24, 2.45) is 0 Å². The summed E-state index contributed by atoms with van der Waals surface area (Å²) in [7, 11) is 0. The first-order valence-electron chi connectivity index (χ1n) is 2.32. The maximum absolute atomic E-state index is 4.91. The van der Waals surface area contributed by atoms with Crippen molar-refractivity contribution in [1.29, 1.82) is 0 Å². The Balaban J connectivity index is 3.46. The van der Waals surface area contributed by atoms with Crippen molar-refractivity contribution in [1.82, 2.24) is 0 Å². The highest BCUT2D eigenvalue weighted by Gasteiger charge is 1.54. The summed E-state index contributed by atoms with van der Waals surface area (Å²) in [5.41, 5.74) is 0. The third kappa shape index (κ3) is 4.78. The SMILES string of the molecule is C#C/C=C\C=C/C=C. The number of hydrogen-bond acceptors (Lipinski definition) is 0. The average molecular weight is 104 g/mol. The van der Waals surface area contributed by atoms with E-state index < -0.39 is 0 Å². The monoisotopic (exact) mass is 104 g/mol. The minimum Gasteiger partial charge on any atom is -0.115 e. The highest BCUT2D eigenvalue weighted by atomic mass is 13.6. The summed E-state index contributed by atoms with van der Waals surface area (Å²) in [6.45, 7) is 3.49. The van der Waals surface area contributed by atoms with E-state index >= 15 is 0 Å². The summed E-state index contributed by atoms with van der Waals surface area (Å²) in [5.74, 6) is 2.36. The quantitative estimate of drug-likeness (QED) is 0.371. The molecule has 0 nitrogen and oxygen atoms in total. The van der Waals surface area contributed by atoms with E-state index in [4.69, 9.17) is 6.42 Å². The van der Waals surface area contributed by atoms with Crippen LogP contribution in [0.1, 0.15) is 0 Å². The van der Waals surface area contributed by atoms with E-state index in [2.05, 4.69) is 12.5 Å². The highest BCUT2D eigenvalue weighted by Crippen LogP contribution is 1.74. The molecular formula is C8H8. The summed E-state index contributed by atoms with van der Waals surface area (Å²) in [5, 5.41) is 0. The highest BCUT2D eigenvalue weighted by molar-refractivity contribution is 5.17. The Kier molecular flexibility index (Phi) is 4.90. The minimum absolute atomic E-state index is 1.62. The van der Waals surface area contributed by atoms with Crippen LogP contribution in [0.4, 0.5) is 0 Å². The molecule has 0 bridgehead atoms. The lowest BCUT2D eigenvalue weighted by Crippen LogP contribution is -1.45. The molecular weight excluding hydrogens is 96.1 g/mol. The van der Waals surface area contributed by atoms with Crippen LogP contribution >= 0.6 is 0 Å². The lowest BCUT2D eigenvalue weighted by molar-refractivity contribution is 1.94. The molecule has 0 unspecified atom stereocenters. The first-order chi connectivity index (χ1) is 3.91. The van der Waals surface area contributed by atoms with Gasteiger partial charge in [-0.25, -0.2) is 0 Å². The summed E-state index contributed by atoms with van der Waals surface area (Å²) in [4.78, 5) is 0. The van der Waals surface area contributed by atoms with Crippen LogP contribution in [-0.2, 0) is 0 Å². The van der Waals surface area contributed by atoms with Gasteiger partial charge in [0.15, 0.2) is 0 Å². The zero-order valence-corrected chi connectivity index (χ0v) is 4.67. The van der Waals surface area contributed by atoms with Gasteiger partial charge in [-0.1, -0.05) is 36.8 Å². The van der Waals surface area contributed by atoms with Gasteiger partial charge in [-0.05, 0) is 6.08 Å². The molecule has 0 atom stereocenters. The molecule has 0 aromatic heterocycles. The average Bonchev–Trinajstić information content (AvgIpc) is 1.81. The van der Waals surface area contributed by atoms with Crippen molar-refractivity contribution in [2.75, 3.05) is 0 Å². The smallest absolute Gasteiger partial charge is 0.0122 e. The van der Waals surface area contributed by atoms with Crippen LogP contribution in [0.25, 0.3) is 0 Å². The number of terminal acetylenes is 1. The van der Waals surface area contributed by atoms with Gasteiger partial charge >= 0.3 is 0 Å². The minimum atomic E-state index is 1.62. The van der Waals surface area contributed by atoms with Crippen LogP contribution < -0.4 is 0 Å². The predicted octanol–water partition coefficient (Wildman–Crippen LogP) is 1.92. The summed E-state index contributed by atoms with van der Waals surface area (Å²) >= 11 is 0. The van der Waals surface area contributed by atoms with Crippen molar-refractivity contribution < 1.29 is 0 Å². The summed E-state index contributed by atoms with van der Waals surface area (Å²) in [6, 6.07) is 0. The third-order valence-electron chi connectivity index (χ3n) is 0.551. The fraction of sp³-hybridized carbons (Fsp3) is 0. The Morgan fingerprint density at radius 1 is 1.25 bits per heavy atom. The van der Waals surface area contributed by atoms with Crippen molar-refractivity contribution in [3.8, 4) is 12.3 Å². The molecule has 0 aliphatic rings. The van der Waals surface area contributed by atoms with Gasteiger partial charge in [-0.15, -0.1) is 6.42 Å². The molecule has 40 valence electrons. The maximum Gasteiger partial charge on any atom is -0.0122 e. The van der Waals surface area contributed by atoms with Gasteiger partial charge in [0.1, 0.15) is 0 Å². The Morgan fingerprint density at radius 2 is 2.00 bits per heavy atom. The fourth-order valence-corrected chi connectivity index (χ4v) is 0.254. The van der Waals surface area contributed by atoms with Crippen LogP contribution in [0.5, 0.6) is 0 Å². The molecule has 0 aromatic carbocycles. The summed E-state index contributed by atoms with van der Waals surface area (Å²) < 4.78 is 0. The van der Waals surface area contributed by atoms with Crippen LogP contribution in [0, 0.1) is 12.3 Å². The second-order valence-electron chi connectivity index (χ2n) is 1.15. The molecule has 8 heavy (non-hydrogen) atoms. The molecule has 0 fully saturated rings. The van der Waals surface area contributed by atoms with Crippen molar-refractivity contribution in [2.45, 2.75) is 0 Å². The van der Waals surface area contributed by atoms with Gasteiger partial charge in [0.05, 0.1) is 0 Å². The van der Waals surface area contributed by atoms with Gasteiger partial charge < -0.3 is 0 Å². The van der Waals surface area contributed by atoms with Crippen LogP contribution in [-0.4, -0.2) is 0 Å². The standard InChI is InChI=1S/C8H8/c1-3-5-7-8-6-4-2/h1,4-8H,2H2/b7-5-,8-6-. The second-order valence-corrected chi connectivity index (χ2v) is 1.15. The molecule has 0 radical (unpaired) electrons. The van der Waals surface area contributed by atoms with Gasteiger partial charge in [-0.2, -0.15) is 0 Å². The zero-order chi connectivity index (χ0) is 6.24. The van der Waals surface area contributed by atoms with Crippen molar-refractivity contribution in [3.05, 3.63) is 37.0 Å². The normalized spacial score (nSPS) is 9.88. The van der Waals surface area contributed by atoms with E-state index in [9.17, 15) is 0 Å². The van der Waals surface area contributed by atoms with Gasteiger partial charge in [-0.3, -0.25) is 0 Å². The Hall–Kier alpha value is -1.22. The largest absolute Gasteiger partial charge is 0.115 e. The second kappa shape index (κ2) is 5.78. The lowest BCUT2D eigenvalue weighted by Gasteiger charge is -1.65. The Bertz CT molecular complexity index is 142. The molecule has 0 heterocycles. The van der Waals surface area contributed by atoms with E-state index in [1.807, 2.05) is 12.2 Å². The zero-order valence-electron chi connectivity index (χ0n) is 4.67. The Labute approximate surface area is 50.2 Å². The first kappa shape index (κ1) is 6.78. The van der Waals surface area contributed by atoms with Gasteiger partial charge in [0.2, 0.25) is 0 Å². The molecule has 0 spiro atoms. The van der Waals surface area contributed by atoms with Crippen LogP contribution in [0.15, 0.2) is 37.0 Å². The van der Waals surface area contributed by atoms with Crippen molar-refractivity contribution >= 4 is 0 Å². The summed E-state index contributed by atoms with van der Waals surface area (Å²) in [6.07, 6.45) is 13.7. The molecule has 0 aliphatic heterocycles. The maximum atomic E-state index is 4.91. The number of hydrogen-bond donors (Lipinski definition) is 0. The predicted molar refractivity (Wildman–Crippen MR) is 37.3 cm³/mol. The molecule has 0 rings (SSSR count). The van der Waals surface area contributed by atoms with Gasteiger partial charge in [0, 0.05) is 0 Å². The number of rotatable bonds is 2. The number of allylic oxidation sites excluding steroid dienone is 5. The van der Waals surface area contributed by atoms with E-state index in [1.165, 1.54) is 0 Å². The lowest BCUT2D eigenvalue weighted by atomic mass is 10.4. The van der Waals surface area contributed by atoms with Gasteiger partial charge in [0.25, 0.3) is 0 Å². The molecule has 0 aromatic rings. The topological polar surface area (TPSA) is 0 Å². The molecule has 0 aliphatic carbocycles.